The Morgan fingerprint density at radius 2 is 1.47 bits per heavy atom. The smallest absolute Gasteiger partial charge is 0.0361 e. The summed E-state index contributed by atoms with van der Waals surface area (Å²) in [4.78, 5) is 4.70. The van der Waals surface area contributed by atoms with E-state index in [-0.39, 0.29) is 0 Å². The maximum absolute atomic E-state index is 4.70. The molecule has 0 spiro atoms. The summed E-state index contributed by atoms with van der Waals surface area (Å²) < 4.78 is 0. The molecular weight excluding hydrogens is 206 g/mol. The average molecular weight is 239 g/mol. The second-order valence-corrected chi connectivity index (χ2v) is 5.03. The van der Waals surface area contributed by atoms with Gasteiger partial charge >= 0.3 is 0 Å². The highest BCUT2D eigenvalue weighted by Crippen LogP contribution is 2.16. The fourth-order valence-corrected chi connectivity index (χ4v) is 1.53. The van der Waals surface area contributed by atoms with Crippen LogP contribution in [0.1, 0.15) is 75.2 Å². The van der Waals surface area contributed by atoms with E-state index >= 15 is 0 Å². The standard InChI is InChI=1S/C14H27N.C2H6/c1-8-11(4)13(6)15-14(7)12(5)9-10(2)3;1-2/h10-11H,8-9H2,1-7H3;1-2H3/b14-12-,15-13?;. The van der Waals surface area contributed by atoms with Crippen molar-refractivity contribution in [3.05, 3.63) is 11.3 Å². The van der Waals surface area contributed by atoms with Crippen molar-refractivity contribution < 1.29 is 0 Å². The van der Waals surface area contributed by atoms with E-state index in [1.807, 2.05) is 13.8 Å². The number of allylic oxidation sites excluding steroid dienone is 2. The highest BCUT2D eigenvalue weighted by molar-refractivity contribution is 5.84. The minimum Gasteiger partial charge on any atom is -0.263 e. The number of rotatable bonds is 5. The summed E-state index contributed by atoms with van der Waals surface area (Å²) in [5.74, 6) is 1.32. The molecule has 0 saturated carbocycles. The molecule has 0 aliphatic rings. The number of aliphatic imine (C=N–C) groups is 1. The summed E-state index contributed by atoms with van der Waals surface area (Å²) in [6, 6.07) is 0. The third-order valence-corrected chi connectivity index (χ3v) is 3.00. The van der Waals surface area contributed by atoms with E-state index in [4.69, 9.17) is 4.99 Å². The lowest BCUT2D eigenvalue weighted by molar-refractivity contribution is 0.637. The highest BCUT2D eigenvalue weighted by atomic mass is 14.8. The third-order valence-electron chi connectivity index (χ3n) is 3.00. The van der Waals surface area contributed by atoms with Gasteiger partial charge in [-0.3, -0.25) is 4.99 Å². The van der Waals surface area contributed by atoms with Crippen molar-refractivity contribution in [1.82, 2.24) is 0 Å². The van der Waals surface area contributed by atoms with Crippen LogP contribution in [0.4, 0.5) is 0 Å². The maximum atomic E-state index is 4.70. The predicted octanol–water partition coefficient (Wildman–Crippen LogP) is 5.86. The molecule has 0 aliphatic heterocycles. The summed E-state index contributed by atoms with van der Waals surface area (Å²) in [6.07, 6.45) is 2.33. The summed E-state index contributed by atoms with van der Waals surface area (Å²) in [7, 11) is 0. The van der Waals surface area contributed by atoms with Crippen LogP contribution in [0.2, 0.25) is 0 Å². The Morgan fingerprint density at radius 1 is 1.00 bits per heavy atom. The van der Waals surface area contributed by atoms with Crippen LogP contribution in [0.5, 0.6) is 0 Å². The number of nitrogens with zero attached hydrogens (tertiary/aromatic N) is 1. The normalized spacial score (nSPS) is 15.1. The van der Waals surface area contributed by atoms with Gasteiger partial charge in [0.05, 0.1) is 0 Å². The molecule has 0 aliphatic carbocycles. The molecule has 0 fully saturated rings. The van der Waals surface area contributed by atoms with Crippen molar-refractivity contribution >= 4 is 5.71 Å². The molecule has 1 heteroatoms. The molecule has 0 aromatic heterocycles. The molecule has 1 atom stereocenters. The summed E-state index contributed by atoms with van der Waals surface area (Å²) >= 11 is 0. The first-order chi connectivity index (χ1) is 7.88. The minimum absolute atomic E-state index is 0.604. The zero-order chi connectivity index (χ0) is 14.0. The predicted molar refractivity (Wildman–Crippen MR) is 81.7 cm³/mol. The molecule has 102 valence electrons. The van der Waals surface area contributed by atoms with Crippen LogP contribution in [0, 0.1) is 11.8 Å². The molecule has 0 bridgehead atoms. The lowest BCUT2D eigenvalue weighted by atomic mass is 10.0. The Labute approximate surface area is 109 Å². The van der Waals surface area contributed by atoms with E-state index in [0.29, 0.717) is 5.92 Å². The summed E-state index contributed by atoms with van der Waals surface area (Å²) in [5, 5.41) is 0. The van der Waals surface area contributed by atoms with Crippen LogP contribution in [0.15, 0.2) is 16.3 Å². The van der Waals surface area contributed by atoms with Crippen LogP contribution in [0.25, 0.3) is 0 Å². The Bertz CT molecular complexity index is 246. The largest absolute Gasteiger partial charge is 0.263 e. The number of hydrogen-bond acceptors (Lipinski definition) is 1. The molecule has 1 unspecified atom stereocenters. The fourth-order valence-electron chi connectivity index (χ4n) is 1.53. The van der Waals surface area contributed by atoms with Crippen LogP contribution >= 0.6 is 0 Å². The summed E-state index contributed by atoms with van der Waals surface area (Å²) in [6.45, 7) is 19.4. The van der Waals surface area contributed by atoms with Crippen molar-refractivity contribution in [1.29, 1.82) is 0 Å². The molecule has 0 N–H and O–H groups in total. The average Bonchev–Trinajstić information content (AvgIpc) is 2.29. The van der Waals surface area contributed by atoms with E-state index < -0.39 is 0 Å². The summed E-state index contributed by atoms with van der Waals surface area (Å²) in [5.41, 5.74) is 3.90. The first-order valence-corrected chi connectivity index (χ1v) is 7.10. The van der Waals surface area contributed by atoms with Gasteiger partial charge in [0, 0.05) is 11.4 Å². The van der Waals surface area contributed by atoms with Gasteiger partial charge in [0.2, 0.25) is 0 Å². The third kappa shape index (κ3) is 9.14. The van der Waals surface area contributed by atoms with Crippen molar-refractivity contribution in [3.8, 4) is 0 Å². The lowest BCUT2D eigenvalue weighted by Crippen LogP contribution is -2.05. The van der Waals surface area contributed by atoms with E-state index in [0.717, 1.165) is 12.3 Å². The Hall–Kier alpha value is -0.590. The van der Waals surface area contributed by atoms with Gasteiger partial charge in [-0.15, -0.1) is 0 Å². The van der Waals surface area contributed by atoms with Crippen LogP contribution < -0.4 is 0 Å². The maximum Gasteiger partial charge on any atom is 0.0361 e. The van der Waals surface area contributed by atoms with Gasteiger partial charge in [0.15, 0.2) is 0 Å². The zero-order valence-electron chi connectivity index (χ0n) is 13.5. The van der Waals surface area contributed by atoms with Crippen molar-refractivity contribution in [2.75, 3.05) is 0 Å². The van der Waals surface area contributed by atoms with E-state index in [1.165, 1.54) is 23.4 Å². The van der Waals surface area contributed by atoms with Gasteiger partial charge in [-0.2, -0.15) is 0 Å². The van der Waals surface area contributed by atoms with Crippen molar-refractivity contribution in [2.24, 2.45) is 16.8 Å². The van der Waals surface area contributed by atoms with Gasteiger partial charge in [-0.1, -0.05) is 47.1 Å². The van der Waals surface area contributed by atoms with E-state index in [1.54, 1.807) is 0 Å². The van der Waals surface area contributed by atoms with E-state index in [2.05, 4.69) is 48.5 Å². The van der Waals surface area contributed by atoms with Gasteiger partial charge in [-0.05, 0) is 45.4 Å². The monoisotopic (exact) mass is 239 g/mol. The van der Waals surface area contributed by atoms with Gasteiger partial charge < -0.3 is 0 Å². The van der Waals surface area contributed by atoms with E-state index in [9.17, 15) is 0 Å². The Kier molecular flexibility index (Phi) is 11.7. The molecule has 0 rings (SSSR count). The molecule has 17 heavy (non-hydrogen) atoms. The molecule has 1 nitrogen and oxygen atoms in total. The van der Waals surface area contributed by atoms with Crippen LogP contribution in [-0.2, 0) is 0 Å². The van der Waals surface area contributed by atoms with Gasteiger partial charge in [0.1, 0.15) is 0 Å². The van der Waals surface area contributed by atoms with Crippen LogP contribution in [0.3, 0.4) is 0 Å². The number of hydrogen-bond donors (Lipinski definition) is 0. The first kappa shape index (κ1) is 18.8. The van der Waals surface area contributed by atoms with Crippen LogP contribution in [-0.4, -0.2) is 5.71 Å². The van der Waals surface area contributed by atoms with Gasteiger partial charge in [0.25, 0.3) is 0 Å². The molecule has 0 heterocycles. The molecular formula is C16H33N. The Balaban J connectivity index is 0. The lowest BCUT2D eigenvalue weighted by Gasteiger charge is -2.11. The fraction of sp³-hybridized carbons (Fsp3) is 0.812. The minimum atomic E-state index is 0.604. The van der Waals surface area contributed by atoms with Crippen molar-refractivity contribution in [2.45, 2.75) is 75.2 Å². The molecule has 0 amide bonds. The second kappa shape index (κ2) is 10.6. The topological polar surface area (TPSA) is 12.4 Å². The first-order valence-electron chi connectivity index (χ1n) is 7.10. The Morgan fingerprint density at radius 3 is 1.82 bits per heavy atom. The van der Waals surface area contributed by atoms with Crippen molar-refractivity contribution in [3.63, 3.8) is 0 Å². The molecule has 0 aromatic rings. The van der Waals surface area contributed by atoms with Gasteiger partial charge in [-0.25, -0.2) is 0 Å². The molecule has 0 saturated heterocycles. The second-order valence-electron chi connectivity index (χ2n) is 5.03. The zero-order valence-corrected chi connectivity index (χ0v) is 13.5. The quantitative estimate of drug-likeness (QED) is 0.533. The SMILES string of the molecule is CC.CCC(C)C(C)=N/C(C)=C(/C)CC(C)C. The molecule has 0 aromatic carbocycles. The highest BCUT2D eigenvalue weighted by Gasteiger charge is 2.04. The molecule has 0 radical (unpaired) electrons.